The first-order valence-corrected chi connectivity index (χ1v) is 9.25. The Morgan fingerprint density at radius 1 is 1.34 bits per heavy atom. The molecular formula is C22H21FN4O2. The van der Waals surface area contributed by atoms with Crippen molar-refractivity contribution in [3.63, 3.8) is 0 Å². The quantitative estimate of drug-likeness (QED) is 0.593. The molecule has 0 saturated heterocycles. The molecule has 0 aliphatic rings. The molecule has 0 spiro atoms. The molecule has 0 aliphatic carbocycles. The fraction of sp³-hybridized carbons (Fsp3) is 0.273. The van der Waals surface area contributed by atoms with Gasteiger partial charge in [0.15, 0.2) is 11.6 Å². The van der Waals surface area contributed by atoms with Gasteiger partial charge in [-0.1, -0.05) is 13.0 Å². The molecule has 7 heteroatoms. The third-order valence-electron chi connectivity index (χ3n) is 4.74. The molecule has 0 aliphatic heterocycles. The van der Waals surface area contributed by atoms with E-state index in [9.17, 15) is 9.50 Å². The lowest BCUT2D eigenvalue weighted by Gasteiger charge is -2.17. The van der Waals surface area contributed by atoms with E-state index in [2.05, 4.69) is 9.97 Å². The zero-order valence-corrected chi connectivity index (χ0v) is 16.2. The van der Waals surface area contributed by atoms with Crippen molar-refractivity contribution in [2.45, 2.75) is 26.9 Å². The molecule has 0 unspecified atom stereocenters. The maximum atomic E-state index is 14.7. The average molecular weight is 392 g/mol. The van der Waals surface area contributed by atoms with Crippen LogP contribution in [0.1, 0.15) is 35.9 Å². The van der Waals surface area contributed by atoms with Gasteiger partial charge < -0.3 is 15.3 Å². The monoisotopic (exact) mass is 392 g/mol. The number of nitriles is 1. The van der Waals surface area contributed by atoms with Gasteiger partial charge in [-0.15, -0.1) is 0 Å². The van der Waals surface area contributed by atoms with Gasteiger partial charge in [-0.25, -0.2) is 9.37 Å². The van der Waals surface area contributed by atoms with Crippen molar-refractivity contribution in [3.05, 3.63) is 64.9 Å². The summed E-state index contributed by atoms with van der Waals surface area (Å²) >= 11 is 0. The molecule has 2 N–H and O–H groups in total. The third-order valence-corrected chi connectivity index (χ3v) is 4.74. The number of aliphatic hydroxyl groups is 1. The van der Waals surface area contributed by atoms with Crippen molar-refractivity contribution in [2.24, 2.45) is 5.92 Å². The van der Waals surface area contributed by atoms with Gasteiger partial charge in [0, 0.05) is 46.1 Å². The van der Waals surface area contributed by atoms with E-state index in [1.165, 1.54) is 18.3 Å². The highest BCUT2D eigenvalue weighted by Crippen LogP contribution is 2.29. The van der Waals surface area contributed by atoms with Crippen LogP contribution in [0, 0.1) is 35.4 Å². The van der Waals surface area contributed by atoms with Crippen molar-refractivity contribution < 1.29 is 14.2 Å². The molecule has 148 valence electrons. The molecule has 2 aromatic heterocycles. The average Bonchev–Trinajstić information content (AvgIpc) is 2.73. The summed E-state index contributed by atoms with van der Waals surface area (Å²) in [6.07, 6.45) is 2.12. The van der Waals surface area contributed by atoms with Gasteiger partial charge >= 0.3 is 0 Å². The molecule has 2 heterocycles. The summed E-state index contributed by atoms with van der Waals surface area (Å²) in [4.78, 5) is 8.42. The summed E-state index contributed by atoms with van der Waals surface area (Å²) in [5.41, 5.74) is 3.05. The fourth-order valence-corrected chi connectivity index (χ4v) is 3.07. The number of hydrogen-bond acceptors (Lipinski definition) is 6. The minimum absolute atomic E-state index is 0.0478. The molecule has 3 aromatic rings. The Morgan fingerprint density at radius 2 is 2.14 bits per heavy atom. The Labute approximate surface area is 168 Å². The van der Waals surface area contributed by atoms with Gasteiger partial charge in [-0.2, -0.15) is 5.26 Å². The first kappa shape index (κ1) is 20.4. The zero-order valence-electron chi connectivity index (χ0n) is 16.2. The number of aromatic nitrogens is 2. The van der Waals surface area contributed by atoms with Crippen LogP contribution in [0.5, 0.6) is 5.75 Å². The molecule has 3 rings (SSSR count). The highest BCUT2D eigenvalue weighted by Gasteiger charge is 2.19. The summed E-state index contributed by atoms with van der Waals surface area (Å²) in [5, 5.41) is 27.3. The van der Waals surface area contributed by atoms with Gasteiger partial charge in [-0.3, -0.25) is 4.98 Å². The van der Waals surface area contributed by atoms with E-state index < -0.39 is 5.82 Å². The van der Waals surface area contributed by atoms with E-state index in [4.69, 9.17) is 15.4 Å². The van der Waals surface area contributed by atoms with Crippen molar-refractivity contribution in [3.8, 4) is 11.8 Å². The standard InChI is InChI=1S/C22H21FN4O2/c1-3-15(11-28)22(25)18-6-13(2)27-20-8-21(19(23)7-17(18)20)29-12-14-4-5-16(9-24)26-10-14/h4-8,10,15,25,28H,3,11-12H2,1-2H3/t15-/m1/s1. The van der Waals surface area contributed by atoms with Crippen LogP contribution in [-0.4, -0.2) is 27.4 Å². The van der Waals surface area contributed by atoms with Crippen molar-refractivity contribution in [2.75, 3.05) is 6.61 Å². The smallest absolute Gasteiger partial charge is 0.165 e. The van der Waals surface area contributed by atoms with Gasteiger partial charge in [0.05, 0.1) is 12.1 Å². The second-order valence-electron chi connectivity index (χ2n) is 6.76. The van der Waals surface area contributed by atoms with Gasteiger partial charge in [0.2, 0.25) is 0 Å². The molecule has 1 atom stereocenters. The molecule has 29 heavy (non-hydrogen) atoms. The highest BCUT2D eigenvalue weighted by molar-refractivity contribution is 6.10. The molecule has 0 saturated carbocycles. The number of benzene rings is 1. The van der Waals surface area contributed by atoms with Crippen LogP contribution >= 0.6 is 0 Å². The Kier molecular flexibility index (Phi) is 6.15. The Hall–Kier alpha value is -3.37. The maximum absolute atomic E-state index is 14.7. The summed E-state index contributed by atoms with van der Waals surface area (Å²) in [5.74, 6) is -0.828. The van der Waals surface area contributed by atoms with Crippen molar-refractivity contribution >= 4 is 16.6 Å². The van der Waals surface area contributed by atoms with E-state index >= 15 is 0 Å². The molecule has 6 nitrogen and oxygen atoms in total. The number of halogens is 1. The first-order chi connectivity index (χ1) is 14.0. The second-order valence-corrected chi connectivity index (χ2v) is 6.76. The van der Waals surface area contributed by atoms with Crippen LogP contribution < -0.4 is 4.74 Å². The number of aliphatic hydroxyl groups excluding tert-OH is 1. The molecular weight excluding hydrogens is 371 g/mol. The van der Waals surface area contributed by atoms with Gasteiger partial charge in [0.25, 0.3) is 0 Å². The number of ether oxygens (including phenoxy) is 1. The van der Waals surface area contributed by atoms with Crippen LogP contribution in [0.4, 0.5) is 4.39 Å². The highest BCUT2D eigenvalue weighted by atomic mass is 19.1. The zero-order chi connectivity index (χ0) is 21.0. The van der Waals surface area contributed by atoms with Crippen molar-refractivity contribution in [1.29, 1.82) is 10.7 Å². The lowest BCUT2D eigenvalue weighted by Crippen LogP contribution is -2.18. The van der Waals surface area contributed by atoms with E-state index in [1.54, 1.807) is 18.2 Å². The van der Waals surface area contributed by atoms with E-state index in [0.29, 0.717) is 39.8 Å². The van der Waals surface area contributed by atoms with Gasteiger partial charge in [0.1, 0.15) is 18.4 Å². The third kappa shape index (κ3) is 4.39. The number of hydrogen-bond donors (Lipinski definition) is 2. The normalized spacial score (nSPS) is 11.8. The molecule has 1 aromatic carbocycles. The van der Waals surface area contributed by atoms with Crippen LogP contribution in [0.25, 0.3) is 10.9 Å². The Bertz CT molecular complexity index is 1090. The summed E-state index contributed by atoms with van der Waals surface area (Å²) in [7, 11) is 0. The summed E-state index contributed by atoms with van der Waals surface area (Å²) < 4.78 is 20.3. The largest absolute Gasteiger partial charge is 0.486 e. The maximum Gasteiger partial charge on any atom is 0.165 e. The second kappa shape index (κ2) is 8.76. The van der Waals surface area contributed by atoms with Crippen LogP contribution in [0.2, 0.25) is 0 Å². The van der Waals surface area contributed by atoms with E-state index in [0.717, 1.165) is 0 Å². The van der Waals surface area contributed by atoms with E-state index in [-0.39, 0.29) is 30.6 Å². The van der Waals surface area contributed by atoms with Crippen LogP contribution in [-0.2, 0) is 6.61 Å². The predicted octanol–water partition coefficient (Wildman–Crippen LogP) is 3.91. The molecule has 0 amide bonds. The van der Waals surface area contributed by atoms with Gasteiger partial charge in [-0.05, 0) is 31.5 Å². The van der Waals surface area contributed by atoms with Crippen molar-refractivity contribution in [1.82, 2.24) is 9.97 Å². The first-order valence-electron chi connectivity index (χ1n) is 9.25. The van der Waals surface area contributed by atoms with E-state index in [1.807, 2.05) is 19.9 Å². The lowest BCUT2D eigenvalue weighted by atomic mass is 9.92. The summed E-state index contributed by atoms with van der Waals surface area (Å²) in [6.45, 7) is 3.66. The number of aryl methyl sites for hydroxylation is 1. The lowest BCUT2D eigenvalue weighted by molar-refractivity contribution is 0.258. The predicted molar refractivity (Wildman–Crippen MR) is 107 cm³/mol. The number of rotatable bonds is 7. The molecule has 0 fully saturated rings. The SMILES string of the molecule is CC[C@H](CO)C(=N)c1cc(C)nc2cc(OCc3ccc(C#N)nc3)c(F)cc12. The molecule has 0 bridgehead atoms. The number of nitrogens with one attached hydrogen (secondary N) is 1. The topological polar surface area (TPSA) is 103 Å². The Balaban J connectivity index is 1.94. The minimum atomic E-state index is -0.559. The minimum Gasteiger partial charge on any atom is -0.486 e. The number of nitrogens with zero attached hydrogens (tertiary/aromatic N) is 3. The Morgan fingerprint density at radius 3 is 2.76 bits per heavy atom. The van der Waals surface area contributed by atoms with Crippen LogP contribution in [0.3, 0.4) is 0 Å². The fourth-order valence-electron chi connectivity index (χ4n) is 3.07. The summed E-state index contributed by atoms with van der Waals surface area (Å²) in [6, 6.07) is 9.80. The number of pyridine rings is 2. The van der Waals surface area contributed by atoms with Crippen LogP contribution in [0.15, 0.2) is 36.5 Å². The number of fused-ring (bicyclic) bond motifs is 1. The molecule has 0 radical (unpaired) electrons.